The molecule has 0 aliphatic carbocycles. The standard InChI is InChI=1S/C21H29N5O4/c1-5-29-19(27)15-10-22-18-17(23-11-24-18)16(15)25-12-8-13-6-7-14(9-12)26(13)20(28)30-21(2,3)4/h10-14H,5-9H2,1-4H3,(H2,22,23,24,25)/p+1. The predicted octanol–water partition coefficient (Wildman–Crippen LogP) is 2.90. The molecule has 4 rings (SSSR count). The number of imidazole rings is 1. The Labute approximate surface area is 175 Å². The third-order valence-electron chi connectivity index (χ3n) is 5.69. The van der Waals surface area contributed by atoms with Crippen LogP contribution in [0.5, 0.6) is 0 Å². The van der Waals surface area contributed by atoms with Crippen LogP contribution in [-0.4, -0.2) is 57.3 Å². The van der Waals surface area contributed by atoms with Crippen molar-refractivity contribution in [2.75, 3.05) is 11.9 Å². The van der Waals surface area contributed by atoms with Crippen molar-refractivity contribution < 1.29 is 24.0 Å². The summed E-state index contributed by atoms with van der Waals surface area (Å²) in [4.78, 5) is 37.6. The van der Waals surface area contributed by atoms with Crippen molar-refractivity contribution in [1.82, 2.24) is 14.9 Å². The number of H-pyrrole nitrogens is 2. The highest BCUT2D eigenvalue weighted by molar-refractivity contribution is 6.02. The minimum atomic E-state index is -0.507. The Bertz CT molecular complexity index is 937. The molecule has 1 amide bonds. The van der Waals surface area contributed by atoms with Crippen LogP contribution in [0.4, 0.5) is 10.5 Å². The predicted molar refractivity (Wildman–Crippen MR) is 110 cm³/mol. The van der Waals surface area contributed by atoms with Gasteiger partial charge in [0.25, 0.3) is 0 Å². The van der Waals surface area contributed by atoms with E-state index in [9.17, 15) is 9.59 Å². The molecule has 9 nitrogen and oxygen atoms in total. The van der Waals surface area contributed by atoms with E-state index < -0.39 is 11.6 Å². The Morgan fingerprint density at radius 1 is 1.30 bits per heavy atom. The second kappa shape index (κ2) is 7.77. The van der Waals surface area contributed by atoms with Crippen LogP contribution in [0.1, 0.15) is 63.7 Å². The number of aromatic nitrogens is 3. The Hall–Kier alpha value is -2.84. The number of carbonyl (C=O) groups excluding carboxylic acids is 2. The van der Waals surface area contributed by atoms with E-state index in [-0.39, 0.29) is 24.2 Å². The molecule has 2 bridgehead atoms. The summed E-state index contributed by atoms with van der Waals surface area (Å²) in [5.74, 6) is -0.404. The van der Waals surface area contributed by atoms with E-state index in [1.807, 2.05) is 25.7 Å². The molecule has 2 aliphatic heterocycles. The second-order valence-electron chi connectivity index (χ2n) is 9.01. The van der Waals surface area contributed by atoms with E-state index in [4.69, 9.17) is 9.47 Å². The number of aromatic amines is 2. The summed E-state index contributed by atoms with van der Waals surface area (Å²) in [6.07, 6.45) is 6.53. The molecule has 3 N–H and O–H groups in total. The fourth-order valence-electron chi connectivity index (χ4n) is 4.56. The molecule has 9 heteroatoms. The molecule has 0 aromatic carbocycles. The topological polar surface area (TPSA) is 111 Å². The highest BCUT2D eigenvalue weighted by Crippen LogP contribution is 2.38. The van der Waals surface area contributed by atoms with E-state index >= 15 is 0 Å². The van der Waals surface area contributed by atoms with Crippen LogP contribution in [-0.2, 0) is 9.47 Å². The lowest BCUT2D eigenvalue weighted by atomic mass is 9.97. The molecule has 0 spiro atoms. The van der Waals surface area contributed by atoms with Crippen molar-refractivity contribution >= 4 is 28.9 Å². The molecule has 2 aliphatic rings. The molecule has 4 heterocycles. The van der Waals surface area contributed by atoms with Gasteiger partial charge in [0.05, 0.1) is 12.3 Å². The number of rotatable bonds is 4. The lowest BCUT2D eigenvalue weighted by Crippen LogP contribution is -2.51. The van der Waals surface area contributed by atoms with Gasteiger partial charge in [0, 0.05) is 18.1 Å². The molecule has 2 fully saturated rings. The molecule has 0 saturated carbocycles. The highest BCUT2D eigenvalue weighted by atomic mass is 16.6. The summed E-state index contributed by atoms with van der Waals surface area (Å²) in [6.45, 7) is 7.75. The monoisotopic (exact) mass is 416 g/mol. The number of hydrogen-bond acceptors (Lipinski definition) is 6. The van der Waals surface area contributed by atoms with E-state index in [2.05, 4.69) is 20.3 Å². The zero-order chi connectivity index (χ0) is 21.5. The largest absolute Gasteiger partial charge is 0.462 e. The number of nitrogens with one attached hydrogen (secondary N) is 3. The Kier molecular flexibility index (Phi) is 5.29. The third kappa shape index (κ3) is 3.93. The fourth-order valence-corrected chi connectivity index (χ4v) is 4.56. The number of pyridine rings is 1. The molecule has 162 valence electrons. The number of amides is 1. The van der Waals surface area contributed by atoms with Gasteiger partial charge in [0.2, 0.25) is 0 Å². The molecular weight excluding hydrogens is 386 g/mol. The van der Waals surface area contributed by atoms with Crippen LogP contribution in [0.25, 0.3) is 11.2 Å². The number of piperidine rings is 1. The SMILES string of the molecule is CCOC(=O)c1cnc2[nH+]c[nH]c2c1NC1CC2CCC(C1)N2C(=O)OC(C)(C)C. The van der Waals surface area contributed by atoms with E-state index in [0.29, 0.717) is 23.5 Å². The van der Waals surface area contributed by atoms with Gasteiger partial charge in [-0.1, -0.05) is 0 Å². The zero-order valence-electron chi connectivity index (χ0n) is 17.9. The Balaban J connectivity index is 1.55. The first-order valence-corrected chi connectivity index (χ1v) is 10.6. The van der Waals surface area contributed by atoms with E-state index in [0.717, 1.165) is 31.2 Å². The number of ether oxygens (including phenoxy) is 2. The summed E-state index contributed by atoms with van der Waals surface area (Å²) in [5, 5.41) is 3.56. The van der Waals surface area contributed by atoms with Crippen LogP contribution < -0.4 is 10.3 Å². The van der Waals surface area contributed by atoms with Gasteiger partial charge in [-0.05, 0) is 53.4 Å². The first kappa shape index (κ1) is 20.4. The third-order valence-corrected chi connectivity index (χ3v) is 5.69. The molecule has 30 heavy (non-hydrogen) atoms. The molecule has 2 aromatic rings. The van der Waals surface area contributed by atoms with Crippen molar-refractivity contribution in [2.45, 2.75) is 77.1 Å². The second-order valence-corrected chi connectivity index (χ2v) is 9.01. The molecule has 2 aromatic heterocycles. The van der Waals surface area contributed by atoms with Gasteiger partial charge in [0.15, 0.2) is 11.8 Å². The maximum absolute atomic E-state index is 12.7. The Morgan fingerprint density at radius 3 is 2.63 bits per heavy atom. The van der Waals surface area contributed by atoms with Gasteiger partial charge in [-0.25, -0.2) is 14.6 Å². The molecule has 0 radical (unpaired) electrons. The first-order valence-electron chi connectivity index (χ1n) is 10.6. The lowest BCUT2D eigenvalue weighted by molar-refractivity contribution is -0.347. The van der Waals surface area contributed by atoms with Crippen LogP contribution in [0.15, 0.2) is 12.5 Å². The van der Waals surface area contributed by atoms with Gasteiger partial charge in [-0.2, -0.15) is 0 Å². The van der Waals surface area contributed by atoms with E-state index in [1.54, 1.807) is 13.3 Å². The summed E-state index contributed by atoms with van der Waals surface area (Å²) in [5.41, 5.74) is 1.99. The summed E-state index contributed by atoms with van der Waals surface area (Å²) in [6, 6.07) is 0.396. The van der Waals surface area contributed by atoms with Crippen molar-refractivity contribution in [3.05, 3.63) is 18.1 Å². The van der Waals surface area contributed by atoms with Gasteiger partial charge in [-0.3, -0.25) is 4.98 Å². The summed E-state index contributed by atoms with van der Waals surface area (Å²) in [7, 11) is 0. The average Bonchev–Trinajstić information content (AvgIpc) is 3.23. The maximum atomic E-state index is 12.7. The van der Waals surface area contributed by atoms with Gasteiger partial charge < -0.3 is 19.7 Å². The first-order chi connectivity index (χ1) is 14.3. The smallest absolute Gasteiger partial charge is 0.410 e. The van der Waals surface area contributed by atoms with Gasteiger partial charge >= 0.3 is 17.7 Å². The number of carbonyl (C=O) groups is 2. The molecule has 2 unspecified atom stereocenters. The number of esters is 1. The number of anilines is 1. The van der Waals surface area contributed by atoms with Crippen molar-refractivity contribution in [1.29, 1.82) is 0 Å². The van der Waals surface area contributed by atoms with Gasteiger partial charge in [0.1, 0.15) is 17.4 Å². The Morgan fingerprint density at radius 2 is 2.00 bits per heavy atom. The van der Waals surface area contributed by atoms with Crippen LogP contribution in [0, 0.1) is 0 Å². The van der Waals surface area contributed by atoms with E-state index in [1.165, 1.54) is 6.20 Å². The number of hydrogen-bond donors (Lipinski definition) is 2. The molecule has 2 saturated heterocycles. The van der Waals surface area contributed by atoms with Crippen LogP contribution >= 0.6 is 0 Å². The summed E-state index contributed by atoms with van der Waals surface area (Å²) < 4.78 is 10.8. The van der Waals surface area contributed by atoms with Crippen LogP contribution in [0.3, 0.4) is 0 Å². The molecule has 2 atom stereocenters. The van der Waals surface area contributed by atoms with Crippen molar-refractivity contribution in [2.24, 2.45) is 0 Å². The highest BCUT2D eigenvalue weighted by Gasteiger charge is 2.45. The number of fused-ring (bicyclic) bond motifs is 3. The summed E-state index contributed by atoms with van der Waals surface area (Å²) >= 11 is 0. The minimum Gasteiger partial charge on any atom is -0.462 e. The van der Waals surface area contributed by atoms with Gasteiger partial charge in [-0.15, -0.1) is 4.98 Å². The van der Waals surface area contributed by atoms with Crippen LogP contribution in [0.2, 0.25) is 0 Å². The minimum absolute atomic E-state index is 0.128. The van der Waals surface area contributed by atoms with Crippen molar-refractivity contribution in [3.63, 3.8) is 0 Å². The van der Waals surface area contributed by atoms with Crippen molar-refractivity contribution in [3.8, 4) is 0 Å². The normalized spacial score (nSPS) is 23.5. The maximum Gasteiger partial charge on any atom is 0.410 e. The lowest BCUT2D eigenvalue weighted by Gasteiger charge is -2.40. The quantitative estimate of drug-likeness (QED) is 0.742. The fraction of sp³-hybridized carbons (Fsp3) is 0.619. The molecular formula is C21H30N5O4+. The average molecular weight is 417 g/mol. The number of nitrogens with zero attached hydrogens (tertiary/aromatic N) is 2. The zero-order valence-corrected chi connectivity index (χ0v) is 17.9.